The highest BCUT2D eigenvalue weighted by atomic mass is 35.5. The standard InChI is InChI=1S/C25H23ClF2/c1-2-3-4-5-16-6-10-21-18(12-16)7-8-19-13-17(9-11-22(19)21)20-14-23(27)25(26)24(28)15-20/h6,9-15H,2-5,7-8H2,1H3. The lowest BCUT2D eigenvalue weighted by Crippen LogP contribution is -2.05. The number of aryl methyl sites for hydroxylation is 3. The largest absolute Gasteiger partial charge is 0.205 e. The third-order valence-corrected chi connectivity index (χ3v) is 5.98. The Morgan fingerprint density at radius 1 is 0.786 bits per heavy atom. The van der Waals surface area contributed by atoms with Crippen LogP contribution >= 0.6 is 11.6 Å². The summed E-state index contributed by atoms with van der Waals surface area (Å²) in [7, 11) is 0. The lowest BCUT2D eigenvalue weighted by molar-refractivity contribution is 0.585. The average Bonchev–Trinajstić information content (AvgIpc) is 2.71. The molecule has 144 valence electrons. The van der Waals surface area contributed by atoms with E-state index in [9.17, 15) is 8.78 Å². The number of benzene rings is 3. The second-order valence-corrected chi connectivity index (χ2v) is 7.95. The van der Waals surface area contributed by atoms with E-state index in [4.69, 9.17) is 11.6 Å². The van der Waals surface area contributed by atoms with Crippen molar-refractivity contribution in [2.75, 3.05) is 0 Å². The van der Waals surface area contributed by atoms with Crippen molar-refractivity contribution in [3.8, 4) is 22.3 Å². The predicted molar refractivity (Wildman–Crippen MR) is 113 cm³/mol. The van der Waals surface area contributed by atoms with Gasteiger partial charge in [-0.1, -0.05) is 67.8 Å². The van der Waals surface area contributed by atoms with Crippen LogP contribution in [0.2, 0.25) is 5.02 Å². The van der Waals surface area contributed by atoms with Gasteiger partial charge in [-0.3, -0.25) is 0 Å². The first-order valence-corrected chi connectivity index (χ1v) is 10.3. The van der Waals surface area contributed by atoms with Crippen LogP contribution < -0.4 is 0 Å². The van der Waals surface area contributed by atoms with Crippen LogP contribution in [0.15, 0.2) is 48.5 Å². The number of halogens is 3. The quantitative estimate of drug-likeness (QED) is 0.305. The lowest BCUT2D eigenvalue weighted by Gasteiger charge is -2.22. The van der Waals surface area contributed by atoms with Crippen LogP contribution in [-0.4, -0.2) is 0 Å². The Kier molecular flexibility index (Phi) is 5.50. The fourth-order valence-corrected chi connectivity index (χ4v) is 4.19. The molecule has 3 aromatic rings. The van der Waals surface area contributed by atoms with Crippen LogP contribution in [0.5, 0.6) is 0 Å². The summed E-state index contributed by atoms with van der Waals surface area (Å²) in [4.78, 5) is 0. The first-order valence-electron chi connectivity index (χ1n) is 9.97. The molecule has 0 radical (unpaired) electrons. The molecule has 0 aliphatic heterocycles. The van der Waals surface area contributed by atoms with Crippen molar-refractivity contribution in [1.82, 2.24) is 0 Å². The molecule has 0 fully saturated rings. The molecule has 3 heteroatoms. The van der Waals surface area contributed by atoms with Crippen LogP contribution in [0.4, 0.5) is 8.78 Å². The van der Waals surface area contributed by atoms with Gasteiger partial charge in [-0.05, 0) is 76.8 Å². The van der Waals surface area contributed by atoms with E-state index < -0.39 is 16.7 Å². The zero-order valence-corrected chi connectivity index (χ0v) is 16.8. The van der Waals surface area contributed by atoms with Gasteiger partial charge < -0.3 is 0 Å². The van der Waals surface area contributed by atoms with E-state index in [1.54, 1.807) is 0 Å². The highest BCUT2D eigenvalue weighted by molar-refractivity contribution is 6.31. The van der Waals surface area contributed by atoms with E-state index in [2.05, 4.69) is 37.3 Å². The minimum atomic E-state index is -0.727. The molecular formula is C25H23ClF2. The van der Waals surface area contributed by atoms with Gasteiger partial charge in [-0.15, -0.1) is 0 Å². The van der Waals surface area contributed by atoms with Gasteiger partial charge in [0.25, 0.3) is 0 Å². The number of hydrogen-bond acceptors (Lipinski definition) is 0. The molecule has 0 nitrogen and oxygen atoms in total. The second kappa shape index (κ2) is 8.05. The van der Waals surface area contributed by atoms with Crippen LogP contribution in [0.25, 0.3) is 22.3 Å². The van der Waals surface area contributed by atoms with Crippen molar-refractivity contribution < 1.29 is 8.78 Å². The van der Waals surface area contributed by atoms with E-state index in [0.717, 1.165) is 24.8 Å². The average molecular weight is 397 g/mol. The summed E-state index contributed by atoms with van der Waals surface area (Å²) in [5.41, 5.74) is 7.87. The summed E-state index contributed by atoms with van der Waals surface area (Å²) in [6.45, 7) is 2.23. The van der Waals surface area contributed by atoms with Crippen molar-refractivity contribution in [2.24, 2.45) is 0 Å². The van der Waals surface area contributed by atoms with Gasteiger partial charge in [0, 0.05) is 0 Å². The molecule has 3 aromatic carbocycles. The van der Waals surface area contributed by atoms with Crippen molar-refractivity contribution >= 4 is 11.6 Å². The van der Waals surface area contributed by atoms with Crippen LogP contribution in [0, 0.1) is 11.6 Å². The Morgan fingerprint density at radius 2 is 1.43 bits per heavy atom. The molecule has 0 amide bonds. The molecule has 0 heterocycles. The highest BCUT2D eigenvalue weighted by Crippen LogP contribution is 2.37. The van der Waals surface area contributed by atoms with Crippen molar-refractivity contribution in [3.63, 3.8) is 0 Å². The zero-order valence-electron chi connectivity index (χ0n) is 16.0. The van der Waals surface area contributed by atoms with Crippen molar-refractivity contribution in [1.29, 1.82) is 0 Å². The minimum absolute atomic E-state index is 0.453. The molecule has 0 unspecified atom stereocenters. The Morgan fingerprint density at radius 3 is 2.11 bits per heavy atom. The van der Waals surface area contributed by atoms with Crippen molar-refractivity contribution in [3.05, 3.63) is 81.9 Å². The Labute approximate surface area is 170 Å². The molecule has 28 heavy (non-hydrogen) atoms. The first-order chi connectivity index (χ1) is 13.6. The predicted octanol–water partition coefficient (Wildman–Crippen LogP) is 7.78. The normalized spacial score (nSPS) is 12.6. The smallest absolute Gasteiger partial charge is 0.145 e. The molecule has 0 atom stereocenters. The molecule has 0 bridgehead atoms. The van der Waals surface area contributed by atoms with Crippen molar-refractivity contribution in [2.45, 2.75) is 45.4 Å². The van der Waals surface area contributed by atoms with Crippen LogP contribution in [0.1, 0.15) is 42.9 Å². The van der Waals surface area contributed by atoms with Gasteiger partial charge in [0.05, 0.1) is 0 Å². The Bertz CT molecular complexity index is 1000. The topological polar surface area (TPSA) is 0 Å². The van der Waals surface area contributed by atoms with Crippen LogP contribution in [0.3, 0.4) is 0 Å². The van der Waals surface area contributed by atoms with Gasteiger partial charge in [-0.25, -0.2) is 8.78 Å². The van der Waals surface area contributed by atoms with Gasteiger partial charge in [0.15, 0.2) is 0 Å². The summed E-state index contributed by atoms with van der Waals surface area (Å²) in [5, 5.41) is -0.453. The van der Waals surface area contributed by atoms with E-state index in [-0.39, 0.29) is 0 Å². The molecular weight excluding hydrogens is 374 g/mol. The van der Waals surface area contributed by atoms with E-state index in [0.29, 0.717) is 5.56 Å². The number of unbranched alkanes of at least 4 members (excludes halogenated alkanes) is 2. The maximum absolute atomic E-state index is 13.8. The Balaban J connectivity index is 1.65. The minimum Gasteiger partial charge on any atom is -0.205 e. The molecule has 0 saturated carbocycles. The molecule has 1 aliphatic rings. The fraction of sp³-hybridized carbons (Fsp3) is 0.280. The number of rotatable bonds is 5. The number of hydrogen-bond donors (Lipinski definition) is 0. The molecule has 0 saturated heterocycles. The summed E-state index contributed by atoms with van der Waals surface area (Å²) >= 11 is 5.61. The lowest BCUT2D eigenvalue weighted by atomic mass is 9.83. The number of fused-ring (bicyclic) bond motifs is 3. The second-order valence-electron chi connectivity index (χ2n) is 7.57. The summed E-state index contributed by atoms with van der Waals surface area (Å²) in [6, 6.07) is 15.5. The third-order valence-electron chi connectivity index (χ3n) is 5.61. The van der Waals surface area contributed by atoms with Gasteiger partial charge in [0.2, 0.25) is 0 Å². The maximum Gasteiger partial charge on any atom is 0.145 e. The Hall–Kier alpha value is -2.19. The molecule has 0 spiro atoms. The molecule has 0 aromatic heterocycles. The summed E-state index contributed by atoms with van der Waals surface area (Å²) in [5.74, 6) is -1.45. The SMILES string of the molecule is CCCCCc1ccc2c(c1)CCc1cc(-c3cc(F)c(Cl)c(F)c3)ccc1-2. The summed E-state index contributed by atoms with van der Waals surface area (Å²) < 4.78 is 27.7. The maximum atomic E-state index is 13.8. The molecule has 1 aliphatic carbocycles. The highest BCUT2D eigenvalue weighted by Gasteiger charge is 2.18. The van der Waals surface area contributed by atoms with E-state index in [1.165, 1.54) is 59.2 Å². The van der Waals surface area contributed by atoms with Crippen LogP contribution in [-0.2, 0) is 19.3 Å². The van der Waals surface area contributed by atoms with Gasteiger partial charge >= 0.3 is 0 Å². The monoisotopic (exact) mass is 396 g/mol. The molecule has 4 rings (SSSR count). The summed E-state index contributed by atoms with van der Waals surface area (Å²) in [6.07, 6.45) is 6.82. The first kappa shape index (κ1) is 19.1. The molecule has 0 N–H and O–H groups in total. The third kappa shape index (κ3) is 3.71. The van der Waals surface area contributed by atoms with E-state index >= 15 is 0 Å². The van der Waals surface area contributed by atoms with E-state index in [1.807, 2.05) is 6.07 Å². The fourth-order valence-electron chi connectivity index (χ4n) is 4.09. The van der Waals surface area contributed by atoms with Gasteiger partial charge in [0.1, 0.15) is 16.7 Å². The van der Waals surface area contributed by atoms with Gasteiger partial charge in [-0.2, -0.15) is 0 Å². The zero-order chi connectivity index (χ0) is 19.7.